The molecule has 90 valence electrons. The number of benzene rings is 1. The Morgan fingerprint density at radius 2 is 2.00 bits per heavy atom. The van der Waals surface area contributed by atoms with Gasteiger partial charge in [-0.15, -0.1) is 0 Å². The van der Waals surface area contributed by atoms with Crippen molar-refractivity contribution in [2.75, 3.05) is 13.1 Å². The molecule has 0 fully saturated rings. The Morgan fingerprint density at radius 1 is 1.31 bits per heavy atom. The van der Waals surface area contributed by atoms with Gasteiger partial charge >= 0.3 is 0 Å². The van der Waals surface area contributed by atoms with Crippen LogP contribution in [0.1, 0.15) is 19.4 Å². The topological polar surface area (TPSA) is 29.3 Å². The predicted molar refractivity (Wildman–Crippen MR) is 61.0 cm³/mol. The lowest BCUT2D eigenvalue weighted by molar-refractivity contribution is 0.216. The van der Waals surface area contributed by atoms with Gasteiger partial charge in [0, 0.05) is 31.2 Å². The molecule has 0 heterocycles. The molecule has 0 amide bonds. The van der Waals surface area contributed by atoms with E-state index in [1.54, 1.807) is 0 Å². The van der Waals surface area contributed by atoms with E-state index >= 15 is 0 Å². The highest BCUT2D eigenvalue weighted by molar-refractivity contribution is 5.18. The molecule has 0 saturated carbocycles. The molecule has 0 saturated heterocycles. The van der Waals surface area contributed by atoms with Crippen LogP contribution in [0.25, 0.3) is 0 Å². The van der Waals surface area contributed by atoms with Gasteiger partial charge in [0.2, 0.25) is 0 Å². The number of nitrogens with two attached hydrogens (primary N) is 1. The Hall–Kier alpha value is -1.00. The lowest BCUT2D eigenvalue weighted by atomic mass is 10.1. The summed E-state index contributed by atoms with van der Waals surface area (Å²) in [4.78, 5) is 2.01. The SMILES string of the molecule is CC(C)N(CCN)Cc1cc(F)ccc1F. The number of hydrogen-bond donors (Lipinski definition) is 1. The van der Waals surface area contributed by atoms with Crippen molar-refractivity contribution in [1.82, 2.24) is 4.90 Å². The Bertz CT molecular complexity index is 340. The average Bonchev–Trinajstić information content (AvgIpc) is 2.22. The summed E-state index contributed by atoms with van der Waals surface area (Å²) in [5.41, 5.74) is 5.86. The van der Waals surface area contributed by atoms with Crippen LogP contribution in [-0.4, -0.2) is 24.0 Å². The fourth-order valence-electron chi connectivity index (χ4n) is 1.57. The summed E-state index contributed by atoms with van der Waals surface area (Å²) in [6, 6.07) is 3.78. The molecule has 0 radical (unpaired) electrons. The Balaban J connectivity index is 2.80. The minimum absolute atomic E-state index is 0.256. The van der Waals surface area contributed by atoms with Gasteiger partial charge in [0.1, 0.15) is 11.6 Å². The van der Waals surface area contributed by atoms with Crippen LogP contribution in [-0.2, 0) is 6.54 Å². The first-order valence-electron chi connectivity index (χ1n) is 5.42. The molecule has 0 aliphatic rings. The predicted octanol–water partition coefficient (Wildman–Crippen LogP) is 2.13. The van der Waals surface area contributed by atoms with E-state index in [0.717, 1.165) is 12.1 Å². The maximum Gasteiger partial charge on any atom is 0.127 e. The minimum atomic E-state index is -0.409. The van der Waals surface area contributed by atoms with Crippen LogP contribution in [0.3, 0.4) is 0 Å². The summed E-state index contributed by atoms with van der Waals surface area (Å²) in [5, 5.41) is 0. The summed E-state index contributed by atoms with van der Waals surface area (Å²) in [7, 11) is 0. The van der Waals surface area contributed by atoms with Crippen LogP contribution in [0.5, 0.6) is 0 Å². The van der Waals surface area contributed by atoms with Crippen LogP contribution in [0.15, 0.2) is 18.2 Å². The molecule has 0 bridgehead atoms. The van der Waals surface area contributed by atoms with Gasteiger partial charge in [-0.3, -0.25) is 4.90 Å². The Morgan fingerprint density at radius 3 is 2.56 bits per heavy atom. The Labute approximate surface area is 95.1 Å². The summed E-state index contributed by atoms with van der Waals surface area (Å²) in [6.07, 6.45) is 0. The molecule has 0 aliphatic carbocycles. The number of halogens is 2. The van der Waals surface area contributed by atoms with E-state index in [-0.39, 0.29) is 11.9 Å². The maximum atomic E-state index is 13.4. The summed E-state index contributed by atoms with van der Waals surface area (Å²) < 4.78 is 26.4. The second-order valence-corrected chi connectivity index (χ2v) is 4.09. The van der Waals surface area contributed by atoms with Gasteiger partial charge in [0.05, 0.1) is 0 Å². The van der Waals surface area contributed by atoms with Crippen LogP contribution in [0, 0.1) is 11.6 Å². The third kappa shape index (κ3) is 3.54. The van der Waals surface area contributed by atoms with Crippen molar-refractivity contribution >= 4 is 0 Å². The molecule has 0 atom stereocenters. The first-order valence-corrected chi connectivity index (χ1v) is 5.42. The van der Waals surface area contributed by atoms with Gasteiger partial charge in [-0.2, -0.15) is 0 Å². The molecule has 1 aromatic carbocycles. The lowest BCUT2D eigenvalue weighted by Crippen LogP contribution is -2.35. The first-order chi connectivity index (χ1) is 7.54. The monoisotopic (exact) mass is 228 g/mol. The number of rotatable bonds is 5. The fraction of sp³-hybridized carbons (Fsp3) is 0.500. The summed E-state index contributed by atoms with van der Waals surface area (Å²) >= 11 is 0. The van der Waals surface area contributed by atoms with Crippen molar-refractivity contribution in [1.29, 1.82) is 0 Å². The van der Waals surface area contributed by atoms with E-state index in [4.69, 9.17) is 5.73 Å². The Kier molecular flexibility index (Phi) is 4.83. The first kappa shape index (κ1) is 13.1. The van der Waals surface area contributed by atoms with Gasteiger partial charge in [-0.25, -0.2) is 8.78 Å². The normalized spacial score (nSPS) is 11.4. The van der Waals surface area contributed by atoms with Crippen molar-refractivity contribution in [3.8, 4) is 0 Å². The zero-order valence-corrected chi connectivity index (χ0v) is 9.71. The van der Waals surface area contributed by atoms with Crippen LogP contribution < -0.4 is 5.73 Å². The molecular weight excluding hydrogens is 210 g/mol. The van der Waals surface area contributed by atoms with E-state index in [0.29, 0.717) is 25.2 Å². The second kappa shape index (κ2) is 5.92. The zero-order valence-electron chi connectivity index (χ0n) is 9.71. The van der Waals surface area contributed by atoms with Gasteiger partial charge in [-0.1, -0.05) is 0 Å². The van der Waals surface area contributed by atoms with Gasteiger partial charge in [0.25, 0.3) is 0 Å². The van der Waals surface area contributed by atoms with E-state index in [2.05, 4.69) is 0 Å². The van der Waals surface area contributed by atoms with Crippen molar-refractivity contribution in [3.05, 3.63) is 35.4 Å². The molecule has 1 aromatic rings. The number of nitrogens with zero attached hydrogens (tertiary/aromatic N) is 1. The van der Waals surface area contributed by atoms with Crippen molar-refractivity contribution in [2.45, 2.75) is 26.4 Å². The van der Waals surface area contributed by atoms with Crippen molar-refractivity contribution in [2.24, 2.45) is 5.73 Å². The second-order valence-electron chi connectivity index (χ2n) is 4.09. The minimum Gasteiger partial charge on any atom is -0.329 e. The highest BCUT2D eigenvalue weighted by Gasteiger charge is 2.12. The number of hydrogen-bond acceptors (Lipinski definition) is 2. The van der Waals surface area contributed by atoms with Gasteiger partial charge in [0.15, 0.2) is 0 Å². The van der Waals surface area contributed by atoms with Crippen LogP contribution >= 0.6 is 0 Å². The summed E-state index contributed by atoms with van der Waals surface area (Å²) in [5.74, 6) is -0.781. The third-order valence-electron chi connectivity index (χ3n) is 2.53. The maximum absolute atomic E-state index is 13.4. The highest BCUT2D eigenvalue weighted by atomic mass is 19.1. The molecule has 16 heavy (non-hydrogen) atoms. The van der Waals surface area contributed by atoms with Crippen molar-refractivity contribution in [3.63, 3.8) is 0 Å². The molecule has 0 unspecified atom stereocenters. The molecule has 2 N–H and O–H groups in total. The molecule has 0 aliphatic heterocycles. The third-order valence-corrected chi connectivity index (χ3v) is 2.53. The molecule has 2 nitrogen and oxygen atoms in total. The molecule has 4 heteroatoms. The van der Waals surface area contributed by atoms with Crippen LogP contribution in [0.4, 0.5) is 8.78 Å². The van der Waals surface area contributed by atoms with Crippen molar-refractivity contribution < 1.29 is 8.78 Å². The fourth-order valence-corrected chi connectivity index (χ4v) is 1.57. The van der Waals surface area contributed by atoms with E-state index in [1.165, 1.54) is 6.07 Å². The van der Waals surface area contributed by atoms with Crippen LogP contribution in [0.2, 0.25) is 0 Å². The largest absolute Gasteiger partial charge is 0.329 e. The molecule has 0 aromatic heterocycles. The molecular formula is C12H18F2N2. The smallest absolute Gasteiger partial charge is 0.127 e. The molecule has 1 rings (SSSR count). The lowest BCUT2D eigenvalue weighted by Gasteiger charge is -2.26. The van der Waals surface area contributed by atoms with E-state index < -0.39 is 5.82 Å². The molecule has 0 spiro atoms. The highest BCUT2D eigenvalue weighted by Crippen LogP contribution is 2.13. The van der Waals surface area contributed by atoms with Gasteiger partial charge in [-0.05, 0) is 32.0 Å². The van der Waals surface area contributed by atoms with Gasteiger partial charge < -0.3 is 5.73 Å². The average molecular weight is 228 g/mol. The standard InChI is InChI=1S/C12H18F2N2/c1-9(2)16(6-5-15)8-10-7-11(13)3-4-12(10)14/h3-4,7,9H,5-6,8,15H2,1-2H3. The summed E-state index contributed by atoms with van der Waals surface area (Å²) in [6.45, 7) is 5.58. The van der Waals surface area contributed by atoms with E-state index in [9.17, 15) is 8.78 Å². The zero-order chi connectivity index (χ0) is 12.1. The van der Waals surface area contributed by atoms with E-state index in [1.807, 2.05) is 18.7 Å². The quantitative estimate of drug-likeness (QED) is 0.836.